The molecule has 0 spiro atoms. The van der Waals surface area contributed by atoms with Gasteiger partial charge >= 0.3 is 10.2 Å². The summed E-state index contributed by atoms with van der Waals surface area (Å²) >= 11 is 0. The maximum Gasteiger partial charge on any atom is 0.303 e. The third-order valence-electron chi connectivity index (χ3n) is 2.57. The Balaban J connectivity index is 2.36. The van der Waals surface area contributed by atoms with Crippen LogP contribution in [0.1, 0.15) is 5.56 Å². The minimum absolute atomic E-state index is 0.449. The normalized spacial score (nSPS) is 19.6. The lowest BCUT2D eigenvalue weighted by Crippen LogP contribution is -2.30. The number of anilines is 1. The number of hydrogen-bond donors (Lipinski definition) is 0. The Morgan fingerprint density at radius 2 is 1.88 bits per heavy atom. The molecule has 0 atom stereocenters. The molecule has 0 saturated carbocycles. The van der Waals surface area contributed by atoms with Crippen LogP contribution in [0.5, 0.6) is 0 Å². The second-order valence-electron chi connectivity index (χ2n) is 3.56. The summed E-state index contributed by atoms with van der Waals surface area (Å²) in [6, 6.07) is 8.52. The van der Waals surface area contributed by atoms with Crippen molar-refractivity contribution >= 4 is 15.9 Å². The Hall–Kier alpha value is -1.58. The van der Waals surface area contributed by atoms with E-state index in [9.17, 15) is 8.42 Å². The predicted molar refractivity (Wildman–Crippen MR) is 60.1 cm³/mol. The van der Waals surface area contributed by atoms with Crippen molar-refractivity contribution in [2.24, 2.45) is 0 Å². The van der Waals surface area contributed by atoms with Crippen molar-refractivity contribution in [2.75, 3.05) is 24.4 Å². The molecule has 0 aromatic heterocycles. The quantitative estimate of drug-likeness (QED) is 0.716. The summed E-state index contributed by atoms with van der Waals surface area (Å²) in [5.74, 6) is 0. The Kier molecular flexibility index (Phi) is 2.58. The van der Waals surface area contributed by atoms with Crippen molar-refractivity contribution in [1.29, 1.82) is 5.26 Å². The van der Waals surface area contributed by atoms with E-state index in [-0.39, 0.29) is 0 Å². The summed E-state index contributed by atoms with van der Waals surface area (Å²) < 4.78 is 26.3. The van der Waals surface area contributed by atoms with Crippen molar-refractivity contribution < 1.29 is 8.42 Å². The zero-order valence-corrected chi connectivity index (χ0v) is 9.61. The third kappa shape index (κ3) is 1.64. The van der Waals surface area contributed by atoms with E-state index in [1.807, 2.05) is 6.07 Å². The van der Waals surface area contributed by atoms with Crippen LogP contribution < -0.4 is 4.31 Å². The van der Waals surface area contributed by atoms with Gasteiger partial charge in [0.15, 0.2) is 0 Å². The molecule has 0 radical (unpaired) electrons. The molecule has 0 N–H and O–H groups in total. The van der Waals surface area contributed by atoms with Crippen LogP contribution in [0, 0.1) is 11.3 Å². The topological polar surface area (TPSA) is 64.4 Å². The standard InChI is InChI=1S/C10H11N3O2S/c1-12-6-7-13(16(12,14)15)10-4-2-9(8-11)3-5-10/h2-5H,6-7H2,1H3. The second kappa shape index (κ2) is 3.77. The van der Waals surface area contributed by atoms with E-state index in [4.69, 9.17) is 5.26 Å². The van der Waals surface area contributed by atoms with E-state index in [0.29, 0.717) is 24.3 Å². The Bertz CT molecular complexity index is 530. The maximum atomic E-state index is 11.8. The van der Waals surface area contributed by atoms with Crippen molar-refractivity contribution in [3.8, 4) is 6.07 Å². The van der Waals surface area contributed by atoms with Crippen LogP contribution in [0.15, 0.2) is 24.3 Å². The second-order valence-corrected chi connectivity index (χ2v) is 5.52. The van der Waals surface area contributed by atoms with Crippen molar-refractivity contribution in [3.05, 3.63) is 29.8 Å². The average molecular weight is 237 g/mol. The molecule has 1 fully saturated rings. The molecule has 1 aromatic rings. The van der Waals surface area contributed by atoms with Crippen molar-refractivity contribution in [3.63, 3.8) is 0 Å². The van der Waals surface area contributed by atoms with E-state index < -0.39 is 10.2 Å². The summed E-state index contributed by atoms with van der Waals surface area (Å²) in [6.07, 6.45) is 0. The van der Waals surface area contributed by atoms with Crippen LogP contribution in [0.3, 0.4) is 0 Å². The highest BCUT2D eigenvalue weighted by Crippen LogP contribution is 2.23. The van der Waals surface area contributed by atoms with E-state index in [1.165, 1.54) is 8.61 Å². The summed E-state index contributed by atoms with van der Waals surface area (Å²) in [5.41, 5.74) is 1.12. The van der Waals surface area contributed by atoms with E-state index in [0.717, 1.165) is 0 Å². The molecule has 1 aliphatic rings. The number of hydrogen-bond acceptors (Lipinski definition) is 3. The van der Waals surface area contributed by atoms with Crippen LogP contribution in [0.25, 0.3) is 0 Å². The summed E-state index contributed by atoms with van der Waals surface area (Å²) in [5, 5.41) is 8.65. The van der Waals surface area contributed by atoms with Gasteiger partial charge < -0.3 is 0 Å². The number of likely N-dealkylation sites (N-methyl/N-ethyl adjacent to an activating group) is 1. The molecule has 16 heavy (non-hydrogen) atoms. The van der Waals surface area contributed by atoms with Gasteiger partial charge in [0.05, 0.1) is 17.3 Å². The number of benzene rings is 1. The monoisotopic (exact) mass is 237 g/mol. The van der Waals surface area contributed by atoms with Gasteiger partial charge in [-0.1, -0.05) is 0 Å². The highest BCUT2D eigenvalue weighted by molar-refractivity contribution is 7.90. The van der Waals surface area contributed by atoms with Gasteiger partial charge in [-0.15, -0.1) is 0 Å². The first-order valence-corrected chi connectivity index (χ1v) is 6.19. The van der Waals surface area contributed by atoms with Crippen LogP contribution in [0.4, 0.5) is 5.69 Å². The Morgan fingerprint density at radius 3 is 2.31 bits per heavy atom. The van der Waals surface area contributed by atoms with Crippen LogP contribution >= 0.6 is 0 Å². The lowest BCUT2D eigenvalue weighted by atomic mass is 10.2. The first-order valence-electron chi connectivity index (χ1n) is 4.80. The first kappa shape index (κ1) is 10.9. The van der Waals surface area contributed by atoms with Gasteiger partial charge in [-0.2, -0.15) is 18.0 Å². The molecular formula is C10H11N3O2S. The lowest BCUT2D eigenvalue weighted by molar-refractivity contribution is 0.511. The third-order valence-corrected chi connectivity index (χ3v) is 4.50. The fourth-order valence-electron chi connectivity index (χ4n) is 1.60. The molecule has 5 nitrogen and oxygen atoms in total. The van der Waals surface area contributed by atoms with Crippen LogP contribution in [0.2, 0.25) is 0 Å². The molecule has 6 heteroatoms. The van der Waals surface area contributed by atoms with Gasteiger partial charge in [-0.3, -0.25) is 4.31 Å². The van der Waals surface area contributed by atoms with Gasteiger partial charge in [0, 0.05) is 20.1 Å². The lowest BCUT2D eigenvalue weighted by Gasteiger charge is -2.17. The molecule has 1 aliphatic heterocycles. The maximum absolute atomic E-state index is 11.8. The molecule has 0 bridgehead atoms. The number of nitrogens with zero attached hydrogens (tertiary/aromatic N) is 3. The van der Waals surface area contributed by atoms with Gasteiger partial charge in [0.2, 0.25) is 0 Å². The van der Waals surface area contributed by atoms with E-state index in [2.05, 4.69) is 0 Å². The fraction of sp³-hybridized carbons (Fsp3) is 0.300. The fourth-order valence-corrected chi connectivity index (χ4v) is 2.94. The predicted octanol–water partition coefficient (Wildman–Crippen LogP) is 0.555. The SMILES string of the molecule is CN1CCN(c2ccc(C#N)cc2)S1(=O)=O. The molecule has 0 aliphatic carbocycles. The Morgan fingerprint density at radius 1 is 1.25 bits per heavy atom. The largest absolute Gasteiger partial charge is 0.303 e. The van der Waals surface area contributed by atoms with Gasteiger partial charge in [0.25, 0.3) is 0 Å². The van der Waals surface area contributed by atoms with Gasteiger partial charge in [-0.25, -0.2) is 0 Å². The van der Waals surface area contributed by atoms with Crippen molar-refractivity contribution in [2.45, 2.75) is 0 Å². The highest BCUT2D eigenvalue weighted by atomic mass is 32.2. The molecular weight excluding hydrogens is 226 g/mol. The summed E-state index contributed by atoms with van der Waals surface area (Å²) in [6.45, 7) is 0.938. The smallest absolute Gasteiger partial charge is 0.256 e. The highest BCUT2D eigenvalue weighted by Gasteiger charge is 2.33. The zero-order chi connectivity index (χ0) is 11.8. The van der Waals surface area contributed by atoms with Crippen LogP contribution in [-0.4, -0.2) is 32.9 Å². The molecule has 1 saturated heterocycles. The molecule has 1 heterocycles. The number of nitriles is 1. The van der Waals surface area contributed by atoms with Crippen molar-refractivity contribution in [1.82, 2.24) is 4.31 Å². The molecule has 2 rings (SSSR count). The summed E-state index contributed by atoms with van der Waals surface area (Å²) in [7, 11) is -1.80. The molecule has 1 aromatic carbocycles. The van der Waals surface area contributed by atoms with Gasteiger partial charge in [0.1, 0.15) is 0 Å². The molecule has 84 valence electrons. The molecule has 0 unspecified atom stereocenters. The van der Waals surface area contributed by atoms with Gasteiger partial charge in [-0.05, 0) is 24.3 Å². The van der Waals surface area contributed by atoms with E-state index >= 15 is 0 Å². The van der Waals surface area contributed by atoms with E-state index in [1.54, 1.807) is 31.3 Å². The Labute approximate surface area is 94.7 Å². The minimum atomic E-state index is -3.35. The first-order chi connectivity index (χ1) is 7.55. The molecule has 0 amide bonds. The van der Waals surface area contributed by atoms with Crippen LogP contribution in [-0.2, 0) is 10.2 Å². The average Bonchev–Trinajstić information content (AvgIpc) is 2.54. The summed E-state index contributed by atoms with van der Waals surface area (Å²) in [4.78, 5) is 0. The minimum Gasteiger partial charge on any atom is -0.256 e. The number of rotatable bonds is 1. The zero-order valence-electron chi connectivity index (χ0n) is 8.79.